The zero-order valence-electron chi connectivity index (χ0n) is 9.57. The molecule has 98 valence electrons. The summed E-state index contributed by atoms with van der Waals surface area (Å²) in [4.78, 5) is 0.757. The van der Waals surface area contributed by atoms with E-state index in [1.807, 2.05) is 0 Å². The molecule has 0 aliphatic rings. The monoisotopic (exact) mass is 288 g/mol. The smallest absolute Gasteiger partial charge is 0.241 e. The van der Waals surface area contributed by atoms with Crippen LogP contribution < -0.4 is 4.72 Å². The van der Waals surface area contributed by atoms with Crippen LogP contribution in [0.5, 0.6) is 0 Å². The predicted molar refractivity (Wildman–Crippen MR) is 65.3 cm³/mol. The molecule has 18 heavy (non-hydrogen) atoms. The molecular formula is C9H12N4O3S2. The molecule has 2 N–H and O–H groups in total. The Bertz CT molecular complexity index is 632. The van der Waals surface area contributed by atoms with Crippen LogP contribution in [-0.2, 0) is 30.2 Å². The summed E-state index contributed by atoms with van der Waals surface area (Å²) in [6, 6.07) is 1.45. The SMILES string of the molecule is Cn1cnnc1CNS(=O)(=O)c1csc(CO)c1. The first-order chi connectivity index (χ1) is 8.53. The second kappa shape index (κ2) is 5.14. The summed E-state index contributed by atoms with van der Waals surface area (Å²) in [7, 11) is -1.84. The zero-order valence-corrected chi connectivity index (χ0v) is 11.2. The maximum absolute atomic E-state index is 11.9. The van der Waals surface area contributed by atoms with Crippen molar-refractivity contribution in [3.8, 4) is 0 Å². The standard InChI is InChI=1S/C9H12N4O3S2/c1-13-6-10-12-9(13)3-11-18(15,16)8-2-7(4-14)17-5-8/h2,5-6,11,14H,3-4H2,1H3. The molecule has 0 spiro atoms. The number of aryl methyl sites for hydroxylation is 1. The Morgan fingerprint density at radius 2 is 2.33 bits per heavy atom. The Morgan fingerprint density at radius 3 is 2.89 bits per heavy atom. The molecule has 0 unspecified atom stereocenters. The van der Waals surface area contributed by atoms with Crippen molar-refractivity contribution in [2.24, 2.45) is 7.05 Å². The molecule has 7 nitrogen and oxygen atoms in total. The summed E-state index contributed by atoms with van der Waals surface area (Å²) >= 11 is 1.20. The lowest BCUT2D eigenvalue weighted by molar-refractivity contribution is 0.285. The van der Waals surface area contributed by atoms with Gasteiger partial charge in [-0.25, -0.2) is 13.1 Å². The van der Waals surface area contributed by atoms with Crippen LogP contribution in [0.1, 0.15) is 10.7 Å². The first-order valence-electron chi connectivity index (χ1n) is 5.04. The summed E-state index contributed by atoms with van der Waals surface area (Å²) < 4.78 is 27.9. The summed E-state index contributed by atoms with van der Waals surface area (Å²) in [5.74, 6) is 0.524. The van der Waals surface area contributed by atoms with Gasteiger partial charge < -0.3 is 9.67 Å². The van der Waals surface area contributed by atoms with Crippen LogP contribution in [0.15, 0.2) is 22.7 Å². The van der Waals surface area contributed by atoms with Crippen LogP contribution in [-0.4, -0.2) is 28.3 Å². The van der Waals surface area contributed by atoms with Crippen LogP contribution in [0.3, 0.4) is 0 Å². The van der Waals surface area contributed by atoms with E-state index in [1.165, 1.54) is 29.1 Å². The quantitative estimate of drug-likeness (QED) is 0.797. The molecule has 0 atom stereocenters. The highest BCUT2D eigenvalue weighted by Gasteiger charge is 2.16. The van der Waals surface area contributed by atoms with Gasteiger partial charge in [0.05, 0.1) is 18.0 Å². The van der Waals surface area contributed by atoms with Crippen molar-refractivity contribution in [2.45, 2.75) is 18.0 Å². The molecule has 0 aliphatic heterocycles. The van der Waals surface area contributed by atoms with E-state index in [-0.39, 0.29) is 18.0 Å². The molecule has 0 amide bonds. The molecular weight excluding hydrogens is 276 g/mol. The van der Waals surface area contributed by atoms with E-state index >= 15 is 0 Å². The Morgan fingerprint density at radius 1 is 1.56 bits per heavy atom. The van der Waals surface area contributed by atoms with Gasteiger partial charge in [-0.1, -0.05) is 0 Å². The lowest BCUT2D eigenvalue weighted by atomic mass is 10.5. The fourth-order valence-corrected chi connectivity index (χ4v) is 3.41. The van der Waals surface area contributed by atoms with Gasteiger partial charge in [-0.2, -0.15) is 0 Å². The molecule has 0 bridgehead atoms. The zero-order chi connectivity index (χ0) is 13.2. The van der Waals surface area contributed by atoms with Crippen molar-refractivity contribution >= 4 is 21.4 Å². The predicted octanol–water partition coefficient (Wildman–Crippen LogP) is -0.153. The number of aliphatic hydroxyl groups is 1. The largest absolute Gasteiger partial charge is 0.391 e. The maximum atomic E-state index is 11.9. The number of hydrogen-bond acceptors (Lipinski definition) is 6. The van der Waals surface area contributed by atoms with E-state index in [4.69, 9.17) is 5.11 Å². The van der Waals surface area contributed by atoms with Gasteiger partial charge >= 0.3 is 0 Å². The average molecular weight is 288 g/mol. The maximum Gasteiger partial charge on any atom is 0.241 e. The van der Waals surface area contributed by atoms with E-state index in [0.717, 1.165) is 0 Å². The van der Waals surface area contributed by atoms with Crippen molar-refractivity contribution in [1.29, 1.82) is 0 Å². The van der Waals surface area contributed by atoms with E-state index in [9.17, 15) is 8.42 Å². The van der Waals surface area contributed by atoms with Gasteiger partial charge in [0.1, 0.15) is 12.2 Å². The molecule has 0 fully saturated rings. The van der Waals surface area contributed by atoms with Crippen molar-refractivity contribution in [2.75, 3.05) is 0 Å². The molecule has 0 saturated heterocycles. The van der Waals surface area contributed by atoms with Crippen LogP contribution >= 0.6 is 11.3 Å². The van der Waals surface area contributed by atoms with Crippen LogP contribution in [0.25, 0.3) is 0 Å². The Hall–Kier alpha value is -1.29. The normalized spacial score (nSPS) is 11.9. The van der Waals surface area contributed by atoms with Gasteiger partial charge in [0.2, 0.25) is 10.0 Å². The highest BCUT2D eigenvalue weighted by atomic mass is 32.2. The second-order valence-electron chi connectivity index (χ2n) is 3.59. The molecule has 2 rings (SSSR count). The number of nitrogens with zero attached hydrogens (tertiary/aromatic N) is 3. The lowest BCUT2D eigenvalue weighted by Gasteiger charge is -2.04. The number of aliphatic hydroxyl groups excluding tert-OH is 1. The number of thiophene rings is 1. The number of aromatic nitrogens is 3. The van der Waals surface area contributed by atoms with Gasteiger partial charge in [-0.05, 0) is 6.07 Å². The summed E-state index contributed by atoms with van der Waals surface area (Å²) in [6.45, 7) is -0.0907. The van der Waals surface area contributed by atoms with E-state index in [1.54, 1.807) is 11.6 Å². The second-order valence-corrected chi connectivity index (χ2v) is 6.35. The number of hydrogen-bond donors (Lipinski definition) is 2. The summed E-state index contributed by atoms with van der Waals surface area (Å²) in [5, 5.41) is 17.8. The minimum Gasteiger partial charge on any atom is -0.391 e. The number of sulfonamides is 1. The van der Waals surface area contributed by atoms with Gasteiger partial charge in [0, 0.05) is 17.3 Å². The Balaban J connectivity index is 2.10. The summed E-state index contributed by atoms with van der Waals surface area (Å²) in [5.41, 5.74) is 0. The molecule has 0 aromatic carbocycles. The number of rotatable bonds is 5. The lowest BCUT2D eigenvalue weighted by Crippen LogP contribution is -2.24. The molecule has 0 radical (unpaired) electrons. The van der Waals surface area contributed by atoms with Gasteiger partial charge in [0.25, 0.3) is 0 Å². The highest BCUT2D eigenvalue weighted by Crippen LogP contribution is 2.19. The van der Waals surface area contributed by atoms with E-state index in [2.05, 4.69) is 14.9 Å². The molecule has 2 heterocycles. The van der Waals surface area contributed by atoms with Crippen molar-refractivity contribution in [3.63, 3.8) is 0 Å². The average Bonchev–Trinajstić information content (AvgIpc) is 2.95. The van der Waals surface area contributed by atoms with Crippen molar-refractivity contribution < 1.29 is 13.5 Å². The van der Waals surface area contributed by atoms with Crippen molar-refractivity contribution in [3.05, 3.63) is 28.5 Å². The fourth-order valence-electron chi connectivity index (χ4n) is 1.29. The van der Waals surface area contributed by atoms with Crippen LogP contribution in [0, 0.1) is 0 Å². The minimum absolute atomic E-state index is 0.0726. The first kappa shape index (κ1) is 13.1. The van der Waals surface area contributed by atoms with Crippen molar-refractivity contribution in [1.82, 2.24) is 19.5 Å². The minimum atomic E-state index is -3.57. The van der Waals surface area contributed by atoms with E-state index in [0.29, 0.717) is 10.7 Å². The topological polar surface area (TPSA) is 97.1 Å². The third-order valence-corrected chi connectivity index (χ3v) is 4.77. The molecule has 0 aliphatic carbocycles. The third kappa shape index (κ3) is 2.75. The molecule has 9 heteroatoms. The fraction of sp³-hybridized carbons (Fsp3) is 0.333. The molecule has 2 aromatic rings. The van der Waals surface area contributed by atoms with Crippen LogP contribution in [0.4, 0.5) is 0 Å². The first-order valence-corrected chi connectivity index (χ1v) is 7.40. The van der Waals surface area contributed by atoms with Gasteiger partial charge in [-0.3, -0.25) is 0 Å². The Labute approximate surface area is 108 Å². The van der Waals surface area contributed by atoms with E-state index < -0.39 is 10.0 Å². The van der Waals surface area contributed by atoms with Crippen LogP contribution in [0.2, 0.25) is 0 Å². The molecule has 2 aromatic heterocycles. The van der Waals surface area contributed by atoms with Gasteiger partial charge in [-0.15, -0.1) is 21.5 Å². The molecule has 0 saturated carbocycles. The number of nitrogens with one attached hydrogen (secondary N) is 1. The van der Waals surface area contributed by atoms with Gasteiger partial charge in [0.15, 0.2) is 0 Å². The highest BCUT2D eigenvalue weighted by molar-refractivity contribution is 7.89. The third-order valence-electron chi connectivity index (χ3n) is 2.32. The Kier molecular flexibility index (Phi) is 3.76. The summed E-state index contributed by atoms with van der Waals surface area (Å²) in [6.07, 6.45) is 1.50.